The fraction of sp³-hybridized carbons (Fsp3) is 0.500. The molecular formula is C14H20N2O. The number of aromatic nitrogens is 1. The molecule has 0 radical (unpaired) electrons. The molecule has 0 aliphatic heterocycles. The maximum Gasteiger partial charge on any atom is 0.248 e. The Kier molecular flexibility index (Phi) is 3.79. The second kappa shape index (κ2) is 5.32. The zero-order chi connectivity index (χ0) is 12.3. The van der Waals surface area contributed by atoms with E-state index in [0.29, 0.717) is 6.04 Å². The Bertz CT molecular complexity index is 469. The van der Waals surface area contributed by atoms with Crippen molar-refractivity contribution < 1.29 is 0 Å². The Labute approximate surface area is 102 Å². The molecule has 0 fully saturated rings. The van der Waals surface area contributed by atoms with Crippen LogP contribution in [0, 0.1) is 0 Å². The van der Waals surface area contributed by atoms with Crippen molar-refractivity contribution in [3.63, 3.8) is 0 Å². The van der Waals surface area contributed by atoms with Crippen molar-refractivity contribution in [2.45, 2.75) is 39.2 Å². The number of aryl methyl sites for hydroxylation is 1. The average molecular weight is 232 g/mol. The van der Waals surface area contributed by atoms with Crippen molar-refractivity contribution in [2.24, 2.45) is 0 Å². The molecular weight excluding hydrogens is 212 g/mol. The number of nitrogens with one attached hydrogen (secondary N) is 2. The van der Waals surface area contributed by atoms with Gasteiger partial charge in [-0.3, -0.25) is 4.79 Å². The van der Waals surface area contributed by atoms with Crippen molar-refractivity contribution in [3.05, 3.63) is 45.4 Å². The van der Waals surface area contributed by atoms with Crippen molar-refractivity contribution in [1.29, 1.82) is 0 Å². The quantitative estimate of drug-likeness (QED) is 0.785. The van der Waals surface area contributed by atoms with Gasteiger partial charge in [0.15, 0.2) is 0 Å². The second-order valence-corrected chi connectivity index (χ2v) is 4.89. The summed E-state index contributed by atoms with van der Waals surface area (Å²) in [5.41, 5.74) is 3.71. The highest BCUT2D eigenvalue weighted by Gasteiger charge is 2.19. The summed E-state index contributed by atoms with van der Waals surface area (Å²) in [5, 5.41) is 3.53. The SMILES string of the molecule is CC(C)=CCNC1CCCc2[nH]c(=O)ccc21. The summed E-state index contributed by atoms with van der Waals surface area (Å²) >= 11 is 0. The van der Waals surface area contributed by atoms with Crippen LogP contribution in [0.2, 0.25) is 0 Å². The van der Waals surface area contributed by atoms with Crippen molar-refractivity contribution in [1.82, 2.24) is 10.3 Å². The Morgan fingerprint density at radius 2 is 2.35 bits per heavy atom. The molecule has 1 aliphatic carbocycles. The van der Waals surface area contributed by atoms with Gasteiger partial charge in [-0.15, -0.1) is 0 Å². The highest BCUT2D eigenvalue weighted by Crippen LogP contribution is 2.27. The summed E-state index contributed by atoms with van der Waals surface area (Å²) in [6.07, 6.45) is 5.47. The van der Waals surface area contributed by atoms with Crippen LogP contribution >= 0.6 is 0 Å². The first-order chi connectivity index (χ1) is 8.16. The molecule has 17 heavy (non-hydrogen) atoms. The van der Waals surface area contributed by atoms with E-state index in [1.165, 1.54) is 11.1 Å². The van der Waals surface area contributed by atoms with Gasteiger partial charge < -0.3 is 10.3 Å². The van der Waals surface area contributed by atoms with E-state index < -0.39 is 0 Å². The Morgan fingerprint density at radius 1 is 1.53 bits per heavy atom. The number of aromatic amines is 1. The molecule has 1 heterocycles. The molecule has 0 spiro atoms. The summed E-state index contributed by atoms with van der Waals surface area (Å²) < 4.78 is 0. The highest BCUT2D eigenvalue weighted by molar-refractivity contribution is 5.26. The van der Waals surface area contributed by atoms with Crippen LogP contribution in [0.25, 0.3) is 0 Å². The molecule has 0 amide bonds. The third kappa shape index (κ3) is 3.07. The van der Waals surface area contributed by atoms with Crippen LogP contribution < -0.4 is 10.9 Å². The fourth-order valence-corrected chi connectivity index (χ4v) is 2.32. The molecule has 2 rings (SSSR count). The summed E-state index contributed by atoms with van der Waals surface area (Å²) in [6.45, 7) is 5.10. The molecule has 1 atom stereocenters. The maximum absolute atomic E-state index is 11.3. The number of hydrogen-bond acceptors (Lipinski definition) is 2. The first-order valence-electron chi connectivity index (χ1n) is 6.25. The third-order valence-corrected chi connectivity index (χ3v) is 3.21. The first-order valence-corrected chi connectivity index (χ1v) is 6.25. The van der Waals surface area contributed by atoms with Crippen LogP contribution in [0.3, 0.4) is 0 Å². The van der Waals surface area contributed by atoms with Crippen molar-refractivity contribution in [3.8, 4) is 0 Å². The maximum atomic E-state index is 11.3. The van der Waals surface area contributed by atoms with E-state index in [1.807, 2.05) is 6.07 Å². The van der Waals surface area contributed by atoms with Gasteiger partial charge in [-0.25, -0.2) is 0 Å². The topological polar surface area (TPSA) is 44.9 Å². The van der Waals surface area contributed by atoms with E-state index in [9.17, 15) is 4.79 Å². The minimum Gasteiger partial charge on any atom is -0.326 e. The van der Waals surface area contributed by atoms with Gasteiger partial charge in [0.25, 0.3) is 0 Å². The number of fused-ring (bicyclic) bond motifs is 1. The number of pyridine rings is 1. The number of allylic oxidation sites excluding steroid dienone is 1. The van der Waals surface area contributed by atoms with Gasteiger partial charge in [-0.05, 0) is 38.7 Å². The first kappa shape index (κ1) is 12.1. The van der Waals surface area contributed by atoms with E-state index >= 15 is 0 Å². The summed E-state index contributed by atoms with van der Waals surface area (Å²) in [4.78, 5) is 14.2. The van der Waals surface area contributed by atoms with Gasteiger partial charge >= 0.3 is 0 Å². The van der Waals surface area contributed by atoms with Gasteiger partial charge in [0.1, 0.15) is 0 Å². The van der Waals surface area contributed by atoms with Crippen LogP contribution in [0.4, 0.5) is 0 Å². The Hall–Kier alpha value is -1.35. The molecule has 0 saturated heterocycles. The lowest BCUT2D eigenvalue weighted by molar-refractivity contribution is 0.473. The molecule has 0 bridgehead atoms. The smallest absolute Gasteiger partial charge is 0.248 e. The summed E-state index contributed by atoms with van der Waals surface area (Å²) in [7, 11) is 0. The van der Waals surface area contributed by atoms with Crippen LogP contribution in [0.5, 0.6) is 0 Å². The van der Waals surface area contributed by atoms with E-state index in [1.54, 1.807) is 6.07 Å². The minimum atomic E-state index is 0.00805. The molecule has 3 heteroatoms. The van der Waals surface area contributed by atoms with Gasteiger partial charge in [-0.2, -0.15) is 0 Å². The minimum absolute atomic E-state index is 0.00805. The van der Waals surface area contributed by atoms with Crippen LogP contribution in [0.15, 0.2) is 28.6 Å². The molecule has 1 aromatic heterocycles. The van der Waals surface area contributed by atoms with Crippen molar-refractivity contribution in [2.75, 3.05) is 6.54 Å². The monoisotopic (exact) mass is 232 g/mol. The van der Waals surface area contributed by atoms with Crippen LogP contribution in [-0.4, -0.2) is 11.5 Å². The predicted octanol–water partition coefficient (Wildman–Crippen LogP) is 2.31. The predicted molar refractivity (Wildman–Crippen MR) is 70.2 cm³/mol. The van der Waals surface area contributed by atoms with Gasteiger partial charge in [0.05, 0.1) is 0 Å². The van der Waals surface area contributed by atoms with E-state index in [0.717, 1.165) is 31.5 Å². The van der Waals surface area contributed by atoms with Gasteiger partial charge in [0.2, 0.25) is 5.56 Å². The van der Waals surface area contributed by atoms with E-state index in [-0.39, 0.29) is 5.56 Å². The number of hydrogen-bond donors (Lipinski definition) is 2. The molecule has 2 N–H and O–H groups in total. The third-order valence-electron chi connectivity index (χ3n) is 3.21. The molecule has 0 saturated carbocycles. The fourth-order valence-electron chi connectivity index (χ4n) is 2.32. The van der Waals surface area contributed by atoms with Crippen LogP contribution in [0.1, 0.15) is 44.0 Å². The molecule has 1 aliphatic rings. The zero-order valence-corrected chi connectivity index (χ0v) is 10.5. The normalized spacial score (nSPS) is 18.6. The second-order valence-electron chi connectivity index (χ2n) is 4.89. The lowest BCUT2D eigenvalue weighted by Crippen LogP contribution is -2.27. The zero-order valence-electron chi connectivity index (χ0n) is 10.5. The van der Waals surface area contributed by atoms with Crippen molar-refractivity contribution >= 4 is 0 Å². The van der Waals surface area contributed by atoms with E-state index in [2.05, 4.69) is 30.2 Å². The van der Waals surface area contributed by atoms with Gasteiger partial charge in [0, 0.05) is 24.3 Å². The van der Waals surface area contributed by atoms with E-state index in [4.69, 9.17) is 0 Å². The molecule has 1 aromatic rings. The Balaban J connectivity index is 2.12. The summed E-state index contributed by atoms with van der Waals surface area (Å²) in [5.74, 6) is 0. The van der Waals surface area contributed by atoms with Gasteiger partial charge in [-0.1, -0.05) is 17.7 Å². The standard InChI is InChI=1S/C14H20N2O/c1-10(2)8-9-15-12-4-3-5-13-11(12)6-7-14(17)16-13/h6-8,12,15H,3-5,9H2,1-2H3,(H,16,17). The van der Waals surface area contributed by atoms with Crippen LogP contribution in [-0.2, 0) is 6.42 Å². The number of rotatable bonds is 3. The molecule has 92 valence electrons. The lowest BCUT2D eigenvalue weighted by Gasteiger charge is -2.25. The highest BCUT2D eigenvalue weighted by atomic mass is 16.1. The molecule has 3 nitrogen and oxygen atoms in total. The lowest BCUT2D eigenvalue weighted by atomic mass is 9.91. The largest absolute Gasteiger partial charge is 0.326 e. The number of H-pyrrole nitrogens is 1. The summed E-state index contributed by atoms with van der Waals surface area (Å²) in [6, 6.07) is 3.97. The average Bonchev–Trinajstić information content (AvgIpc) is 2.28. The Morgan fingerprint density at radius 3 is 3.12 bits per heavy atom. The molecule has 1 unspecified atom stereocenters. The molecule has 0 aromatic carbocycles.